The summed E-state index contributed by atoms with van der Waals surface area (Å²) in [7, 11) is 0. The van der Waals surface area contributed by atoms with Gasteiger partial charge >= 0.3 is 0 Å². The number of amides is 1. The van der Waals surface area contributed by atoms with Crippen molar-refractivity contribution in [3.05, 3.63) is 34.9 Å². The number of carbonyl (C=O) groups excluding carboxylic acids is 1. The van der Waals surface area contributed by atoms with Gasteiger partial charge in [-0.05, 0) is 18.1 Å². The van der Waals surface area contributed by atoms with E-state index in [1.807, 2.05) is 24.3 Å². The van der Waals surface area contributed by atoms with Crippen LogP contribution in [0.3, 0.4) is 0 Å². The van der Waals surface area contributed by atoms with E-state index in [2.05, 4.69) is 10.2 Å². The minimum absolute atomic E-state index is 0.0141. The fourth-order valence-corrected chi connectivity index (χ4v) is 3.66. The Kier molecular flexibility index (Phi) is 6.49. The van der Waals surface area contributed by atoms with Crippen LogP contribution in [0.15, 0.2) is 24.3 Å². The summed E-state index contributed by atoms with van der Waals surface area (Å²) in [6, 6.07) is 7.80. The summed E-state index contributed by atoms with van der Waals surface area (Å²) in [5.74, 6) is 0.490. The molecule has 0 spiro atoms. The third-order valence-electron chi connectivity index (χ3n) is 4.84. The highest BCUT2D eigenvalue weighted by Gasteiger charge is 2.31. The minimum Gasteiger partial charge on any atom is -0.381 e. The van der Waals surface area contributed by atoms with E-state index in [4.69, 9.17) is 21.1 Å². The van der Waals surface area contributed by atoms with Crippen molar-refractivity contribution in [2.75, 3.05) is 46.1 Å². The second-order valence-electron chi connectivity index (χ2n) is 6.41. The molecule has 0 aliphatic carbocycles. The van der Waals surface area contributed by atoms with Gasteiger partial charge in [0.15, 0.2) is 0 Å². The van der Waals surface area contributed by atoms with Gasteiger partial charge in [0.1, 0.15) is 0 Å². The van der Waals surface area contributed by atoms with Crippen LogP contribution in [0.5, 0.6) is 0 Å². The molecule has 6 heteroatoms. The average molecular weight is 353 g/mol. The lowest BCUT2D eigenvalue weighted by Crippen LogP contribution is -2.52. The van der Waals surface area contributed by atoms with Gasteiger partial charge in [0, 0.05) is 43.2 Å². The van der Waals surface area contributed by atoms with Gasteiger partial charge in [0.05, 0.1) is 26.2 Å². The van der Waals surface area contributed by atoms with Gasteiger partial charge in [-0.15, -0.1) is 0 Å². The number of halogens is 1. The highest BCUT2D eigenvalue weighted by atomic mass is 35.5. The Hall–Kier alpha value is -1.14. The third-order valence-corrected chi connectivity index (χ3v) is 5.21. The molecule has 0 aromatic heterocycles. The van der Waals surface area contributed by atoms with Crippen LogP contribution in [0.2, 0.25) is 5.02 Å². The quantitative estimate of drug-likeness (QED) is 0.847. The smallest absolute Gasteiger partial charge is 0.224 e. The van der Waals surface area contributed by atoms with Crippen LogP contribution in [0.4, 0.5) is 0 Å². The number of nitrogens with zero attached hydrogens (tertiary/aromatic N) is 1. The Morgan fingerprint density at radius 3 is 2.75 bits per heavy atom. The van der Waals surface area contributed by atoms with Crippen molar-refractivity contribution in [2.45, 2.75) is 18.9 Å². The number of rotatable bonds is 6. The molecule has 2 aliphatic rings. The lowest BCUT2D eigenvalue weighted by Gasteiger charge is -2.37. The zero-order chi connectivity index (χ0) is 16.8. The molecule has 2 heterocycles. The van der Waals surface area contributed by atoms with Gasteiger partial charge < -0.3 is 14.8 Å². The van der Waals surface area contributed by atoms with E-state index in [0.29, 0.717) is 29.9 Å². The van der Waals surface area contributed by atoms with Gasteiger partial charge in [-0.3, -0.25) is 9.69 Å². The largest absolute Gasteiger partial charge is 0.381 e. The van der Waals surface area contributed by atoms with Gasteiger partial charge in [0.2, 0.25) is 5.91 Å². The first-order chi connectivity index (χ1) is 11.7. The number of ether oxygens (including phenoxy) is 2. The third kappa shape index (κ3) is 4.70. The summed E-state index contributed by atoms with van der Waals surface area (Å²) in [6.45, 7) is 5.61. The molecule has 3 rings (SSSR count). The molecule has 2 atom stereocenters. The lowest BCUT2D eigenvalue weighted by molar-refractivity contribution is -0.120. The Bertz CT molecular complexity index is 543. The van der Waals surface area contributed by atoms with Crippen LogP contribution in [0.25, 0.3) is 0 Å². The van der Waals surface area contributed by atoms with Crippen LogP contribution in [-0.4, -0.2) is 62.9 Å². The number of hydrogen-bond acceptors (Lipinski definition) is 4. The SMILES string of the molecule is O=C(Cc1ccccc1Cl)NC[C@@H]([C@H]1CCOC1)N1CCOCC1. The molecular weight excluding hydrogens is 328 g/mol. The maximum atomic E-state index is 12.3. The maximum Gasteiger partial charge on any atom is 0.224 e. The molecule has 1 aromatic rings. The number of morpholine rings is 1. The summed E-state index contributed by atoms with van der Waals surface area (Å²) in [6.07, 6.45) is 1.37. The first kappa shape index (κ1) is 17.7. The predicted octanol–water partition coefficient (Wildman–Crippen LogP) is 1.74. The standard InChI is InChI=1S/C18H25ClN2O3/c19-16-4-2-1-3-14(16)11-18(22)20-12-17(15-5-8-24-13-15)21-6-9-23-10-7-21/h1-4,15,17H,5-13H2,(H,20,22)/t15-,17-/m0/s1. The first-order valence-electron chi connectivity index (χ1n) is 8.63. The van der Waals surface area contributed by atoms with E-state index in [1.165, 1.54) is 0 Å². The van der Waals surface area contributed by atoms with Gasteiger partial charge in [-0.1, -0.05) is 29.8 Å². The highest BCUT2D eigenvalue weighted by molar-refractivity contribution is 6.31. The van der Waals surface area contributed by atoms with Crippen LogP contribution in [0, 0.1) is 5.92 Å². The van der Waals surface area contributed by atoms with Crippen LogP contribution >= 0.6 is 11.6 Å². The lowest BCUT2D eigenvalue weighted by atomic mass is 9.96. The van der Waals surface area contributed by atoms with Crippen molar-refractivity contribution in [1.82, 2.24) is 10.2 Å². The average Bonchev–Trinajstić information content (AvgIpc) is 3.12. The summed E-state index contributed by atoms with van der Waals surface area (Å²) in [5, 5.41) is 3.74. The van der Waals surface area contributed by atoms with Gasteiger partial charge in [0.25, 0.3) is 0 Å². The number of carbonyl (C=O) groups is 1. The van der Waals surface area contributed by atoms with Crippen LogP contribution in [0.1, 0.15) is 12.0 Å². The monoisotopic (exact) mass is 352 g/mol. The molecule has 1 amide bonds. The minimum atomic E-state index is 0.0141. The molecule has 24 heavy (non-hydrogen) atoms. The van der Waals surface area contributed by atoms with E-state index in [-0.39, 0.29) is 5.91 Å². The van der Waals surface area contributed by atoms with E-state index in [9.17, 15) is 4.79 Å². The van der Waals surface area contributed by atoms with Crippen molar-refractivity contribution >= 4 is 17.5 Å². The summed E-state index contributed by atoms with van der Waals surface area (Å²) in [4.78, 5) is 14.8. The van der Waals surface area contributed by atoms with Crippen molar-refractivity contribution in [3.8, 4) is 0 Å². The fraction of sp³-hybridized carbons (Fsp3) is 0.611. The second kappa shape index (κ2) is 8.81. The molecule has 2 saturated heterocycles. The van der Waals surface area contributed by atoms with Gasteiger partial charge in [-0.2, -0.15) is 0 Å². The number of hydrogen-bond donors (Lipinski definition) is 1. The second-order valence-corrected chi connectivity index (χ2v) is 6.82. The van der Waals surface area contributed by atoms with E-state index < -0.39 is 0 Å². The fourth-order valence-electron chi connectivity index (χ4n) is 3.45. The number of benzene rings is 1. The zero-order valence-electron chi connectivity index (χ0n) is 13.9. The summed E-state index contributed by atoms with van der Waals surface area (Å²) < 4.78 is 11.0. The molecule has 1 aromatic carbocycles. The van der Waals surface area contributed by atoms with Crippen molar-refractivity contribution in [2.24, 2.45) is 5.92 Å². The predicted molar refractivity (Wildman–Crippen MR) is 93.3 cm³/mol. The van der Waals surface area contributed by atoms with Crippen LogP contribution in [-0.2, 0) is 20.7 Å². The maximum absolute atomic E-state index is 12.3. The first-order valence-corrected chi connectivity index (χ1v) is 9.01. The molecule has 2 aliphatic heterocycles. The Balaban J connectivity index is 1.56. The molecule has 132 valence electrons. The molecule has 0 unspecified atom stereocenters. The van der Waals surface area contributed by atoms with Crippen molar-refractivity contribution in [3.63, 3.8) is 0 Å². The Morgan fingerprint density at radius 1 is 1.25 bits per heavy atom. The summed E-state index contributed by atoms with van der Waals surface area (Å²) in [5.41, 5.74) is 0.865. The number of nitrogens with one attached hydrogen (secondary N) is 1. The summed E-state index contributed by atoms with van der Waals surface area (Å²) >= 11 is 6.14. The topological polar surface area (TPSA) is 50.8 Å². The molecule has 1 N–H and O–H groups in total. The molecule has 0 radical (unpaired) electrons. The van der Waals surface area contributed by atoms with Crippen LogP contribution < -0.4 is 5.32 Å². The molecule has 0 bridgehead atoms. The van der Waals surface area contributed by atoms with E-state index >= 15 is 0 Å². The van der Waals surface area contributed by atoms with Crippen molar-refractivity contribution < 1.29 is 14.3 Å². The van der Waals surface area contributed by atoms with Gasteiger partial charge in [-0.25, -0.2) is 0 Å². The zero-order valence-corrected chi connectivity index (χ0v) is 14.6. The normalized spacial score (nSPS) is 23.1. The highest BCUT2D eigenvalue weighted by Crippen LogP contribution is 2.22. The van der Waals surface area contributed by atoms with Crippen molar-refractivity contribution in [1.29, 1.82) is 0 Å². The molecule has 5 nitrogen and oxygen atoms in total. The van der Waals surface area contributed by atoms with E-state index in [0.717, 1.165) is 51.5 Å². The van der Waals surface area contributed by atoms with E-state index in [1.54, 1.807) is 0 Å². The molecule has 0 saturated carbocycles. The Morgan fingerprint density at radius 2 is 2.04 bits per heavy atom. The molecule has 2 fully saturated rings. The molecular formula is C18H25ClN2O3. The Labute approximate surface area is 148 Å².